The summed E-state index contributed by atoms with van der Waals surface area (Å²) in [4.78, 5) is 10.7. The van der Waals surface area contributed by atoms with Gasteiger partial charge >= 0.3 is 5.97 Å². The van der Waals surface area contributed by atoms with Crippen LogP contribution >= 0.6 is 15.9 Å². The van der Waals surface area contributed by atoms with Gasteiger partial charge in [0.2, 0.25) is 11.6 Å². The molecule has 0 amide bonds. The molecule has 84 valence electrons. The lowest BCUT2D eigenvalue weighted by Crippen LogP contribution is -1.98. The van der Waals surface area contributed by atoms with Gasteiger partial charge in [0, 0.05) is 6.07 Å². The summed E-state index contributed by atoms with van der Waals surface area (Å²) in [6.45, 7) is 3.72. The molecule has 0 aliphatic heterocycles. The number of aromatic carboxylic acids is 1. The number of carboxylic acid groups (broad SMARTS) is 1. The van der Waals surface area contributed by atoms with E-state index in [1.807, 2.05) is 13.8 Å². The fourth-order valence-electron chi connectivity index (χ4n) is 1.39. The first-order valence-electron chi connectivity index (χ1n) is 4.56. The van der Waals surface area contributed by atoms with E-state index in [1.54, 1.807) is 10.7 Å². The van der Waals surface area contributed by atoms with Crippen molar-refractivity contribution in [2.45, 2.75) is 13.8 Å². The summed E-state index contributed by atoms with van der Waals surface area (Å²) < 4.78 is 7.61. The smallest absolute Gasteiger partial charge is 0.371 e. The van der Waals surface area contributed by atoms with Crippen molar-refractivity contribution >= 4 is 21.9 Å². The Hall–Kier alpha value is -1.56. The van der Waals surface area contributed by atoms with Crippen LogP contribution in [0.1, 0.15) is 21.9 Å². The number of hydrogen-bond donors (Lipinski definition) is 1. The Morgan fingerprint density at radius 2 is 2.19 bits per heavy atom. The third-order valence-corrected chi connectivity index (χ3v) is 3.36. The highest BCUT2D eigenvalue weighted by molar-refractivity contribution is 9.10. The summed E-state index contributed by atoms with van der Waals surface area (Å²) in [5, 5.41) is 13.0. The number of nitrogens with zero attached hydrogens (tertiary/aromatic N) is 2. The predicted octanol–water partition coefficient (Wildman–Crippen LogP) is 2.54. The lowest BCUT2D eigenvalue weighted by Gasteiger charge is -1.98. The van der Waals surface area contributed by atoms with Gasteiger partial charge in [0.25, 0.3) is 0 Å². The Kier molecular flexibility index (Phi) is 2.59. The number of carboxylic acids is 1. The van der Waals surface area contributed by atoms with Crippen LogP contribution in [0.3, 0.4) is 0 Å². The quantitative estimate of drug-likeness (QED) is 0.920. The molecule has 0 aliphatic rings. The highest BCUT2D eigenvalue weighted by atomic mass is 79.9. The average Bonchev–Trinajstić information content (AvgIpc) is 2.79. The summed E-state index contributed by atoms with van der Waals surface area (Å²) >= 11 is 3.39. The zero-order valence-corrected chi connectivity index (χ0v) is 10.3. The highest BCUT2D eigenvalue weighted by Gasteiger charge is 2.15. The largest absolute Gasteiger partial charge is 0.475 e. The molecule has 2 heterocycles. The Balaban J connectivity index is 2.50. The van der Waals surface area contributed by atoms with Gasteiger partial charge in [-0.05, 0) is 35.8 Å². The number of rotatable bonds is 2. The molecule has 0 spiro atoms. The van der Waals surface area contributed by atoms with Gasteiger partial charge in [0.1, 0.15) is 0 Å². The van der Waals surface area contributed by atoms with Crippen molar-refractivity contribution in [2.75, 3.05) is 0 Å². The van der Waals surface area contributed by atoms with E-state index in [1.165, 1.54) is 6.07 Å². The summed E-state index contributed by atoms with van der Waals surface area (Å²) in [5.41, 5.74) is 1.69. The highest BCUT2D eigenvalue weighted by Crippen LogP contribution is 2.23. The minimum absolute atomic E-state index is 0.0984. The minimum atomic E-state index is -1.09. The molecule has 0 radical (unpaired) electrons. The Morgan fingerprint density at radius 3 is 2.62 bits per heavy atom. The molecule has 0 unspecified atom stereocenters. The topological polar surface area (TPSA) is 68.3 Å². The van der Waals surface area contributed by atoms with Gasteiger partial charge in [-0.2, -0.15) is 5.10 Å². The van der Waals surface area contributed by atoms with E-state index in [-0.39, 0.29) is 5.76 Å². The fraction of sp³-hybridized carbons (Fsp3) is 0.200. The summed E-state index contributed by atoms with van der Waals surface area (Å²) in [6.07, 6.45) is 0. The average molecular weight is 285 g/mol. The molecule has 0 saturated heterocycles. The number of halogens is 1. The van der Waals surface area contributed by atoms with Crippen LogP contribution in [0.4, 0.5) is 0 Å². The zero-order valence-electron chi connectivity index (χ0n) is 8.69. The van der Waals surface area contributed by atoms with Crippen LogP contribution in [0.15, 0.2) is 21.0 Å². The van der Waals surface area contributed by atoms with E-state index in [0.29, 0.717) is 5.88 Å². The lowest BCUT2D eigenvalue weighted by molar-refractivity contribution is 0.0662. The van der Waals surface area contributed by atoms with E-state index in [2.05, 4.69) is 21.0 Å². The summed E-state index contributed by atoms with van der Waals surface area (Å²) in [5.74, 6) is -0.797. The van der Waals surface area contributed by atoms with Gasteiger partial charge in [-0.25, -0.2) is 9.48 Å². The Bertz CT molecular complexity index is 556. The fourth-order valence-corrected chi connectivity index (χ4v) is 1.64. The summed E-state index contributed by atoms with van der Waals surface area (Å²) in [7, 11) is 0. The van der Waals surface area contributed by atoms with E-state index < -0.39 is 5.97 Å². The van der Waals surface area contributed by atoms with Crippen LogP contribution in [0.25, 0.3) is 5.88 Å². The number of furan rings is 1. The zero-order chi connectivity index (χ0) is 11.9. The van der Waals surface area contributed by atoms with Gasteiger partial charge in [-0.3, -0.25) is 0 Å². The molecule has 2 rings (SSSR count). The molecule has 6 heteroatoms. The second-order valence-corrected chi connectivity index (χ2v) is 4.13. The molecule has 0 bridgehead atoms. The molecule has 0 atom stereocenters. The standard InChI is InChI=1S/C10H9BrN2O3/c1-5-9(11)6(2)13(12-5)8-4-3-7(16-8)10(14)15/h3-4H,1-2H3,(H,14,15). The number of hydrogen-bond acceptors (Lipinski definition) is 3. The Morgan fingerprint density at radius 1 is 1.50 bits per heavy atom. The second-order valence-electron chi connectivity index (χ2n) is 3.34. The maximum Gasteiger partial charge on any atom is 0.371 e. The molecule has 0 saturated carbocycles. The first-order chi connectivity index (χ1) is 7.50. The van der Waals surface area contributed by atoms with E-state index in [4.69, 9.17) is 9.52 Å². The molecule has 2 aromatic heterocycles. The Labute approximate surface area is 99.8 Å². The van der Waals surface area contributed by atoms with E-state index in [0.717, 1.165) is 15.9 Å². The third-order valence-electron chi connectivity index (χ3n) is 2.21. The minimum Gasteiger partial charge on any atom is -0.475 e. The molecule has 2 aromatic rings. The number of carbonyl (C=O) groups is 1. The van der Waals surface area contributed by atoms with Crippen molar-refractivity contribution in [2.24, 2.45) is 0 Å². The van der Waals surface area contributed by atoms with Crippen LogP contribution in [-0.2, 0) is 0 Å². The maximum atomic E-state index is 10.7. The van der Waals surface area contributed by atoms with Crippen molar-refractivity contribution in [3.8, 4) is 5.88 Å². The van der Waals surface area contributed by atoms with Crippen molar-refractivity contribution in [1.29, 1.82) is 0 Å². The second kappa shape index (κ2) is 3.79. The third kappa shape index (κ3) is 1.65. The van der Waals surface area contributed by atoms with Crippen molar-refractivity contribution in [3.63, 3.8) is 0 Å². The lowest BCUT2D eigenvalue weighted by atomic mass is 10.4. The molecule has 1 N–H and O–H groups in total. The van der Waals surface area contributed by atoms with Crippen molar-refractivity contribution < 1.29 is 14.3 Å². The predicted molar refractivity (Wildman–Crippen MR) is 60.0 cm³/mol. The van der Waals surface area contributed by atoms with Crippen molar-refractivity contribution in [3.05, 3.63) is 33.8 Å². The van der Waals surface area contributed by atoms with Crippen LogP contribution < -0.4 is 0 Å². The first-order valence-corrected chi connectivity index (χ1v) is 5.35. The first kappa shape index (κ1) is 10.9. The molecule has 5 nitrogen and oxygen atoms in total. The van der Waals surface area contributed by atoms with Crippen LogP contribution in [0, 0.1) is 13.8 Å². The van der Waals surface area contributed by atoms with Crippen LogP contribution in [0.5, 0.6) is 0 Å². The van der Waals surface area contributed by atoms with Crippen LogP contribution in [-0.4, -0.2) is 20.9 Å². The summed E-state index contributed by atoms with van der Waals surface area (Å²) in [6, 6.07) is 2.98. The van der Waals surface area contributed by atoms with Gasteiger partial charge in [-0.15, -0.1) is 0 Å². The number of aryl methyl sites for hydroxylation is 1. The molecule has 16 heavy (non-hydrogen) atoms. The van der Waals surface area contributed by atoms with Crippen molar-refractivity contribution in [1.82, 2.24) is 9.78 Å². The number of aromatic nitrogens is 2. The molecule has 0 aliphatic carbocycles. The molecule has 0 fully saturated rings. The van der Waals surface area contributed by atoms with E-state index in [9.17, 15) is 4.79 Å². The monoisotopic (exact) mass is 284 g/mol. The molecular formula is C10H9BrN2O3. The SMILES string of the molecule is Cc1nn(-c2ccc(C(=O)O)o2)c(C)c1Br. The van der Waals surface area contributed by atoms with Crippen LogP contribution in [0.2, 0.25) is 0 Å². The van der Waals surface area contributed by atoms with Gasteiger partial charge < -0.3 is 9.52 Å². The van der Waals surface area contributed by atoms with Gasteiger partial charge in [0.05, 0.1) is 15.9 Å². The maximum absolute atomic E-state index is 10.7. The van der Waals surface area contributed by atoms with Gasteiger partial charge in [0.15, 0.2) is 0 Å². The molecule has 0 aromatic carbocycles. The molecular weight excluding hydrogens is 276 g/mol. The van der Waals surface area contributed by atoms with Gasteiger partial charge in [-0.1, -0.05) is 0 Å². The van der Waals surface area contributed by atoms with E-state index >= 15 is 0 Å². The normalized spacial score (nSPS) is 10.7.